The molecule has 2 rings (SSSR count). The van der Waals surface area contributed by atoms with E-state index >= 15 is 0 Å². The third-order valence-corrected chi connectivity index (χ3v) is 2.68. The van der Waals surface area contributed by atoms with Gasteiger partial charge in [0.25, 0.3) is 11.8 Å². The Morgan fingerprint density at radius 3 is 2.22 bits per heavy atom. The molecule has 2 amide bonds. The number of fused-ring (bicyclic) bond motifs is 1. The fourth-order valence-corrected chi connectivity index (χ4v) is 1.77. The van der Waals surface area contributed by atoms with Crippen molar-refractivity contribution in [2.24, 2.45) is 0 Å². The fourth-order valence-electron chi connectivity index (χ4n) is 1.77. The average Bonchev–Trinajstić information content (AvgIpc) is 2.63. The number of hydrogen-bond acceptors (Lipinski definition) is 4. The van der Waals surface area contributed by atoms with E-state index < -0.39 is 30.5 Å². The van der Waals surface area contributed by atoms with Crippen molar-refractivity contribution in [3.63, 3.8) is 0 Å². The van der Waals surface area contributed by atoms with Crippen LogP contribution in [0.15, 0.2) is 24.3 Å². The largest absolute Gasteiger partial charge is 0.467 e. The maximum absolute atomic E-state index is 13.4. The molecule has 0 unspecified atom stereocenters. The van der Waals surface area contributed by atoms with Crippen LogP contribution in [-0.4, -0.2) is 42.5 Å². The summed E-state index contributed by atoms with van der Waals surface area (Å²) in [4.78, 5) is 35.3. The first-order chi connectivity index (χ1) is 8.56. The zero-order valence-corrected chi connectivity index (χ0v) is 9.55. The minimum atomic E-state index is -2.03. The zero-order valence-electron chi connectivity index (χ0n) is 9.55. The molecule has 0 fully saturated rings. The minimum absolute atomic E-state index is 0.222. The highest BCUT2D eigenvalue weighted by Gasteiger charge is 2.37. The molecule has 1 atom stereocenters. The van der Waals surface area contributed by atoms with Gasteiger partial charge in [-0.1, -0.05) is 12.1 Å². The van der Waals surface area contributed by atoms with Gasteiger partial charge in [0.1, 0.15) is 0 Å². The summed E-state index contributed by atoms with van der Waals surface area (Å²) >= 11 is 0. The third kappa shape index (κ3) is 1.85. The molecule has 18 heavy (non-hydrogen) atoms. The molecule has 5 nitrogen and oxygen atoms in total. The minimum Gasteiger partial charge on any atom is -0.467 e. The van der Waals surface area contributed by atoms with Crippen LogP contribution < -0.4 is 0 Å². The Kier molecular flexibility index (Phi) is 3.10. The van der Waals surface area contributed by atoms with Gasteiger partial charge >= 0.3 is 5.97 Å². The van der Waals surface area contributed by atoms with Crippen LogP contribution in [-0.2, 0) is 9.53 Å². The molecular weight excluding hydrogens is 241 g/mol. The summed E-state index contributed by atoms with van der Waals surface area (Å²) in [7, 11) is 1.04. The van der Waals surface area contributed by atoms with E-state index in [2.05, 4.69) is 4.74 Å². The standard InChI is InChI=1S/C12H10FNO4/c1-18-12(17)9(13)6-14-10(15)7-4-2-3-5-8(7)11(14)16/h2-5,9H,6H2,1H3/t9-/m0/s1. The maximum Gasteiger partial charge on any atom is 0.342 e. The average molecular weight is 251 g/mol. The van der Waals surface area contributed by atoms with Crippen LogP contribution in [0, 0.1) is 0 Å². The summed E-state index contributed by atoms with van der Waals surface area (Å²) in [5, 5.41) is 0. The Morgan fingerprint density at radius 2 is 1.78 bits per heavy atom. The summed E-state index contributed by atoms with van der Waals surface area (Å²) in [5.74, 6) is -2.30. The highest BCUT2D eigenvalue weighted by Crippen LogP contribution is 2.22. The SMILES string of the molecule is COC(=O)[C@@H](F)CN1C(=O)c2ccccc2C1=O. The van der Waals surface area contributed by atoms with Gasteiger partial charge in [0.15, 0.2) is 0 Å². The Bertz CT molecular complexity index is 494. The number of benzene rings is 1. The predicted octanol–water partition coefficient (Wildman–Crippen LogP) is 0.794. The van der Waals surface area contributed by atoms with Gasteiger partial charge in [-0.25, -0.2) is 9.18 Å². The number of carbonyl (C=O) groups excluding carboxylic acids is 3. The Labute approximate surface area is 102 Å². The number of hydrogen-bond donors (Lipinski definition) is 0. The zero-order chi connectivity index (χ0) is 13.3. The van der Waals surface area contributed by atoms with Gasteiger partial charge in [0.2, 0.25) is 6.17 Å². The number of esters is 1. The second-order valence-corrected chi connectivity index (χ2v) is 3.76. The molecule has 0 radical (unpaired) electrons. The molecule has 6 heteroatoms. The van der Waals surface area contributed by atoms with Gasteiger partial charge in [0, 0.05) is 0 Å². The second kappa shape index (κ2) is 4.56. The van der Waals surface area contributed by atoms with Crippen molar-refractivity contribution in [1.82, 2.24) is 4.90 Å². The molecule has 0 aliphatic carbocycles. The monoisotopic (exact) mass is 251 g/mol. The molecule has 94 valence electrons. The van der Waals surface area contributed by atoms with Gasteiger partial charge in [-0.2, -0.15) is 0 Å². The number of amides is 2. The number of rotatable bonds is 3. The van der Waals surface area contributed by atoms with Crippen LogP contribution in [0.4, 0.5) is 4.39 Å². The summed E-state index contributed by atoms with van der Waals surface area (Å²) in [5.41, 5.74) is 0.444. The second-order valence-electron chi connectivity index (χ2n) is 3.76. The van der Waals surface area contributed by atoms with Crippen molar-refractivity contribution in [1.29, 1.82) is 0 Å². The molecule has 1 heterocycles. The van der Waals surface area contributed by atoms with Crippen molar-refractivity contribution < 1.29 is 23.5 Å². The first kappa shape index (κ1) is 12.2. The number of halogens is 1. The number of carbonyl (C=O) groups is 3. The van der Waals surface area contributed by atoms with Gasteiger partial charge in [-0.3, -0.25) is 14.5 Å². The van der Waals surface area contributed by atoms with E-state index in [0.29, 0.717) is 4.90 Å². The van der Waals surface area contributed by atoms with Crippen molar-refractivity contribution in [2.45, 2.75) is 6.17 Å². The van der Waals surface area contributed by atoms with E-state index in [-0.39, 0.29) is 11.1 Å². The molecule has 1 aliphatic heterocycles. The lowest BCUT2D eigenvalue weighted by atomic mass is 10.1. The number of ether oxygens (including phenoxy) is 1. The number of alkyl halides is 1. The van der Waals surface area contributed by atoms with E-state index in [1.54, 1.807) is 12.1 Å². The Hall–Kier alpha value is -2.24. The van der Waals surface area contributed by atoms with Gasteiger partial charge in [0.05, 0.1) is 24.8 Å². The summed E-state index contributed by atoms with van der Waals surface area (Å²) in [6.07, 6.45) is -2.03. The molecule has 1 aliphatic rings. The van der Waals surface area contributed by atoms with Crippen LogP contribution in [0.2, 0.25) is 0 Å². The normalized spacial score (nSPS) is 15.6. The fraction of sp³-hybridized carbons (Fsp3) is 0.250. The highest BCUT2D eigenvalue weighted by molar-refractivity contribution is 6.21. The van der Waals surface area contributed by atoms with Crippen LogP contribution in [0.25, 0.3) is 0 Å². The van der Waals surface area contributed by atoms with E-state index in [0.717, 1.165) is 7.11 Å². The molecule has 0 saturated carbocycles. The smallest absolute Gasteiger partial charge is 0.342 e. The molecular formula is C12H10FNO4. The Morgan fingerprint density at radius 1 is 1.28 bits per heavy atom. The quantitative estimate of drug-likeness (QED) is 0.588. The number of methoxy groups -OCH3 is 1. The lowest BCUT2D eigenvalue weighted by Gasteiger charge is -2.15. The van der Waals surface area contributed by atoms with Gasteiger partial charge in [-0.15, -0.1) is 0 Å². The lowest BCUT2D eigenvalue weighted by Crippen LogP contribution is -2.38. The summed E-state index contributed by atoms with van der Waals surface area (Å²) in [6, 6.07) is 6.20. The van der Waals surface area contributed by atoms with E-state index in [1.165, 1.54) is 12.1 Å². The van der Waals surface area contributed by atoms with Crippen LogP contribution in [0.1, 0.15) is 20.7 Å². The van der Waals surface area contributed by atoms with Crippen LogP contribution in [0.5, 0.6) is 0 Å². The van der Waals surface area contributed by atoms with Crippen LogP contribution >= 0.6 is 0 Å². The van der Waals surface area contributed by atoms with Gasteiger partial charge < -0.3 is 4.74 Å². The van der Waals surface area contributed by atoms with Crippen molar-refractivity contribution in [3.05, 3.63) is 35.4 Å². The molecule has 1 aromatic rings. The predicted molar refractivity (Wildman–Crippen MR) is 58.7 cm³/mol. The first-order valence-electron chi connectivity index (χ1n) is 5.23. The van der Waals surface area contributed by atoms with Crippen molar-refractivity contribution in [3.8, 4) is 0 Å². The third-order valence-electron chi connectivity index (χ3n) is 2.68. The number of imide groups is 1. The Balaban J connectivity index is 2.21. The summed E-state index contributed by atoms with van der Waals surface area (Å²) < 4.78 is 17.6. The van der Waals surface area contributed by atoms with Crippen molar-refractivity contribution >= 4 is 17.8 Å². The maximum atomic E-state index is 13.4. The van der Waals surface area contributed by atoms with E-state index in [9.17, 15) is 18.8 Å². The van der Waals surface area contributed by atoms with Gasteiger partial charge in [-0.05, 0) is 12.1 Å². The molecule has 0 bridgehead atoms. The van der Waals surface area contributed by atoms with Crippen LogP contribution in [0.3, 0.4) is 0 Å². The molecule has 0 spiro atoms. The highest BCUT2D eigenvalue weighted by atomic mass is 19.1. The van der Waals surface area contributed by atoms with E-state index in [4.69, 9.17) is 0 Å². The molecule has 0 N–H and O–H groups in total. The molecule has 0 saturated heterocycles. The first-order valence-corrected chi connectivity index (χ1v) is 5.23. The lowest BCUT2D eigenvalue weighted by molar-refractivity contribution is -0.146. The topological polar surface area (TPSA) is 63.7 Å². The van der Waals surface area contributed by atoms with Crippen molar-refractivity contribution in [2.75, 3.05) is 13.7 Å². The molecule has 1 aromatic carbocycles. The van der Waals surface area contributed by atoms with E-state index in [1.807, 2.05) is 0 Å². The number of nitrogens with zero attached hydrogens (tertiary/aromatic N) is 1. The summed E-state index contributed by atoms with van der Waals surface area (Å²) in [6.45, 7) is -0.626. The molecule has 0 aromatic heterocycles.